The Hall–Kier alpha value is -1.92. The van der Waals surface area contributed by atoms with Gasteiger partial charge in [-0.15, -0.1) is 0 Å². The lowest BCUT2D eigenvalue weighted by Gasteiger charge is -2.33. The van der Waals surface area contributed by atoms with Gasteiger partial charge in [-0.3, -0.25) is 14.6 Å². The third-order valence-corrected chi connectivity index (χ3v) is 3.75. The van der Waals surface area contributed by atoms with Crippen molar-refractivity contribution in [2.45, 2.75) is 6.54 Å². The number of fused-ring (bicyclic) bond motifs is 1. The first kappa shape index (κ1) is 13.1. The minimum Gasteiger partial charge on any atom is -0.480 e. The Kier molecular flexibility index (Phi) is 3.66. The van der Waals surface area contributed by atoms with E-state index in [2.05, 4.69) is 20.9 Å². The highest BCUT2D eigenvalue weighted by atomic mass is 16.4. The van der Waals surface area contributed by atoms with Gasteiger partial charge >= 0.3 is 5.97 Å². The summed E-state index contributed by atoms with van der Waals surface area (Å²) in [5.41, 5.74) is 2.17. The lowest BCUT2D eigenvalue weighted by molar-refractivity contribution is -0.138. The van der Waals surface area contributed by atoms with Gasteiger partial charge in [0.1, 0.15) is 5.65 Å². The van der Waals surface area contributed by atoms with Crippen molar-refractivity contribution in [3.05, 3.63) is 30.1 Å². The third-order valence-electron chi connectivity index (χ3n) is 3.75. The number of carbonyl (C=O) groups is 1. The average Bonchev–Trinajstić information content (AvgIpc) is 2.84. The summed E-state index contributed by atoms with van der Waals surface area (Å²) in [7, 11) is 0. The highest BCUT2D eigenvalue weighted by Gasteiger charge is 2.19. The normalized spacial score (nSPS) is 17.6. The van der Waals surface area contributed by atoms with Gasteiger partial charge < -0.3 is 10.1 Å². The van der Waals surface area contributed by atoms with Gasteiger partial charge in [-0.2, -0.15) is 0 Å². The third kappa shape index (κ3) is 2.81. The molecule has 2 aromatic rings. The lowest BCUT2D eigenvalue weighted by Crippen LogP contribution is -2.47. The van der Waals surface area contributed by atoms with Crippen molar-refractivity contribution in [1.82, 2.24) is 19.8 Å². The average molecular weight is 274 g/mol. The van der Waals surface area contributed by atoms with Crippen molar-refractivity contribution in [1.29, 1.82) is 0 Å². The van der Waals surface area contributed by atoms with Crippen LogP contribution in [0, 0.1) is 0 Å². The highest BCUT2D eigenvalue weighted by molar-refractivity contribution is 5.79. The van der Waals surface area contributed by atoms with Crippen LogP contribution in [0.5, 0.6) is 0 Å². The number of aromatic nitrogens is 2. The van der Waals surface area contributed by atoms with Gasteiger partial charge in [0.15, 0.2) is 0 Å². The first-order valence-electron chi connectivity index (χ1n) is 6.80. The molecule has 106 valence electrons. The van der Waals surface area contributed by atoms with E-state index in [1.54, 1.807) is 6.20 Å². The largest absolute Gasteiger partial charge is 0.480 e. The number of H-pyrrole nitrogens is 1. The van der Waals surface area contributed by atoms with E-state index in [0.29, 0.717) is 0 Å². The second-order valence-corrected chi connectivity index (χ2v) is 5.16. The molecule has 1 aliphatic heterocycles. The Morgan fingerprint density at radius 3 is 2.80 bits per heavy atom. The topological polar surface area (TPSA) is 72.5 Å². The number of aromatic amines is 1. The van der Waals surface area contributed by atoms with Crippen molar-refractivity contribution in [3.63, 3.8) is 0 Å². The maximum Gasteiger partial charge on any atom is 0.317 e. The molecular formula is C14H18N4O2. The molecule has 0 aromatic carbocycles. The molecule has 1 aliphatic rings. The summed E-state index contributed by atoms with van der Waals surface area (Å²) in [6.45, 7) is 4.46. The molecule has 6 heteroatoms. The summed E-state index contributed by atoms with van der Waals surface area (Å²) in [6, 6.07) is 4.03. The number of nitrogens with one attached hydrogen (secondary N) is 1. The number of piperazine rings is 1. The Bertz CT molecular complexity index is 602. The second-order valence-electron chi connectivity index (χ2n) is 5.16. The van der Waals surface area contributed by atoms with E-state index < -0.39 is 5.97 Å². The molecule has 0 radical (unpaired) electrons. The van der Waals surface area contributed by atoms with Crippen LogP contribution < -0.4 is 0 Å². The molecular weight excluding hydrogens is 256 g/mol. The fourth-order valence-corrected chi connectivity index (χ4v) is 2.68. The monoisotopic (exact) mass is 274 g/mol. The molecule has 0 aliphatic carbocycles. The molecule has 0 atom stereocenters. The number of nitrogens with zero attached hydrogens (tertiary/aromatic N) is 3. The molecule has 1 fully saturated rings. The lowest BCUT2D eigenvalue weighted by atomic mass is 10.2. The number of carboxylic acids is 1. The SMILES string of the molecule is O=C(O)CN1CCN(Cc2c[nH]c3ncccc23)CC1. The quantitative estimate of drug-likeness (QED) is 0.861. The molecule has 6 nitrogen and oxygen atoms in total. The van der Waals surface area contributed by atoms with Crippen LogP contribution in [-0.4, -0.2) is 63.6 Å². The minimum absolute atomic E-state index is 0.144. The zero-order valence-corrected chi connectivity index (χ0v) is 11.2. The zero-order chi connectivity index (χ0) is 13.9. The molecule has 0 saturated carbocycles. The van der Waals surface area contributed by atoms with Gasteiger partial charge in [0.2, 0.25) is 0 Å². The van der Waals surface area contributed by atoms with Crippen LogP contribution in [0.2, 0.25) is 0 Å². The van der Waals surface area contributed by atoms with Crippen molar-refractivity contribution in [3.8, 4) is 0 Å². The fraction of sp³-hybridized carbons (Fsp3) is 0.429. The molecule has 2 aromatic heterocycles. The van der Waals surface area contributed by atoms with E-state index in [9.17, 15) is 4.79 Å². The van der Waals surface area contributed by atoms with Crippen molar-refractivity contribution in [2.75, 3.05) is 32.7 Å². The van der Waals surface area contributed by atoms with E-state index in [0.717, 1.165) is 38.4 Å². The first-order valence-corrected chi connectivity index (χ1v) is 6.80. The number of carboxylic acid groups (broad SMARTS) is 1. The zero-order valence-electron chi connectivity index (χ0n) is 11.2. The van der Waals surface area contributed by atoms with Crippen molar-refractivity contribution >= 4 is 17.0 Å². The molecule has 1 saturated heterocycles. The molecule has 0 spiro atoms. The summed E-state index contributed by atoms with van der Waals surface area (Å²) in [5.74, 6) is -0.749. The molecule has 3 rings (SSSR count). The highest BCUT2D eigenvalue weighted by Crippen LogP contribution is 2.18. The van der Waals surface area contributed by atoms with E-state index in [-0.39, 0.29) is 6.54 Å². The number of rotatable bonds is 4. The van der Waals surface area contributed by atoms with Gasteiger partial charge in [0.05, 0.1) is 6.54 Å². The maximum atomic E-state index is 10.7. The van der Waals surface area contributed by atoms with Crippen molar-refractivity contribution in [2.24, 2.45) is 0 Å². The molecule has 0 amide bonds. The predicted molar refractivity (Wildman–Crippen MR) is 75.4 cm³/mol. The predicted octanol–water partition coefficient (Wildman–Crippen LogP) is 0.765. The Morgan fingerprint density at radius 2 is 2.05 bits per heavy atom. The standard InChI is InChI=1S/C14H18N4O2/c19-13(20)10-18-6-4-17(5-7-18)9-11-8-16-14-12(11)2-1-3-15-14/h1-3,8H,4-7,9-10H2,(H,15,16)(H,19,20). The van der Waals surface area contributed by atoms with Crippen LogP contribution in [0.25, 0.3) is 11.0 Å². The van der Waals surface area contributed by atoms with E-state index in [1.165, 1.54) is 10.9 Å². The summed E-state index contributed by atoms with van der Waals surface area (Å²) >= 11 is 0. The Morgan fingerprint density at radius 1 is 1.30 bits per heavy atom. The van der Waals surface area contributed by atoms with Crippen LogP contribution in [0.3, 0.4) is 0 Å². The van der Waals surface area contributed by atoms with E-state index >= 15 is 0 Å². The van der Waals surface area contributed by atoms with Gasteiger partial charge in [-0.1, -0.05) is 0 Å². The van der Waals surface area contributed by atoms with Crippen LogP contribution in [-0.2, 0) is 11.3 Å². The van der Waals surface area contributed by atoms with Gasteiger partial charge in [0.25, 0.3) is 0 Å². The first-order chi connectivity index (χ1) is 9.72. The van der Waals surface area contributed by atoms with Crippen LogP contribution in [0.15, 0.2) is 24.5 Å². The van der Waals surface area contributed by atoms with E-state index in [4.69, 9.17) is 5.11 Å². The summed E-state index contributed by atoms with van der Waals surface area (Å²) < 4.78 is 0. The number of hydrogen-bond acceptors (Lipinski definition) is 4. The van der Waals surface area contributed by atoms with Crippen LogP contribution >= 0.6 is 0 Å². The summed E-state index contributed by atoms with van der Waals surface area (Å²) in [6.07, 6.45) is 3.80. The molecule has 20 heavy (non-hydrogen) atoms. The number of hydrogen-bond donors (Lipinski definition) is 2. The smallest absolute Gasteiger partial charge is 0.317 e. The molecule has 2 N–H and O–H groups in total. The number of pyridine rings is 1. The minimum atomic E-state index is -0.749. The van der Waals surface area contributed by atoms with Crippen LogP contribution in [0.1, 0.15) is 5.56 Å². The summed E-state index contributed by atoms with van der Waals surface area (Å²) in [5, 5.41) is 9.96. The van der Waals surface area contributed by atoms with Gasteiger partial charge in [0, 0.05) is 50.5 Å². The molecule has 0 bridgehead atoms. The fourth-order valence-electron chi connectivity index (χ4n) is 2.68. The van der Waals surface area contributed by atoms with Gasteiger partial charge in [-0.25, -0.2) is 4.98 Å². The maximum absolute atomic E-state index is 10.7. The van der Waals surface area contributed by atoms with Gasteiger partial charge in [-0.05, 0) is 17.7 Å². The Labute approximate surface area is 117 Å². The Balaban J connectivity index is 1.61. The van der Waals surface area contributed by atoms with Crippen LogP contribution in [0.4, 0.5) is 0 Å². The molecule has 0 unspecified atom stereocenters. The van der Waals surface area contributed by atoms with Crippen molar-refractivity contribution < 1.29 is 9.90 Å². The molecule has 3 heterocycles. The second kappa shape index (κ2) is 5.60. The summed E-state index contributed by atoms with van der Waals surface area (Å²) in [4.78, 5) is 22.5. The van der Waals surface area contributed by atoms with E-state index in [1.807, 2.05) is 17.2 Å². The number of aliphatic carboxylic acids is 1.